The lowest BCUT2D eigenvalue weighted by molar-refractivity contribution is -0.310. The van der Waals surface area contributed by atoms with Crippen molar-refractivity contribution in [2.75, 3.05) is 27.9 Å². The molecular weight excluding hydrogens is 660 g/mol. The fourth-order valence-corrected chi connectivity index (χ4v) is 6.10. The second-order valence-electron chi connectivity index (χ2n) is 12.3. The minimum absolute atomic E-state index is 0.208. The maximum Gasteiger partial charge on any atom is 0.229 e. The fraction of sp³-hybridized carbons (Fsp3) is 0.302. The van der Waals surface area contributed by atoms with Gasteiger partial charge in [-0.15, -0.1) is 0 Å². The number of ether oxygens (including phenoxy) is 9. The quantitative estimate of drug-likeness (QED) is 0.0907. The SMILES string of the molecule is COc1cc(O[C@H]2O[C@H](COCc3ccccc3)[C@@H](OCc3ccccc3)[C@H](OCc3ccccc3)[C@H]2OCc2ccccc2)cc(OC)c1OC. The van der Waals surface area contributed by atoms with Gasteiger partial charge in [-0.3, -0.25) is 0 Å². The molecule has 5 atom stereocenters. The highest BCUT2D eigenvalue weighted by molar-refractivity contribution is 5.56. The molecule has 0 spiro atoms. The smallest absolute Gasteiger partial charge is 0.229 e. The number of benzene rings is 5. The molecule has 1 saturated heterocycles. The van der Waals surface area contributed by atoms with Crippen LogP contribution in [0.3, 0.4) is 0 Å². The van der Waals surface area contributed by atoms with Crippen LogP contribution in [0.1, 0.15) is 22.3 Å². The molecule has 0 aromatic heterocycles. The largest absolute Gasteiger partial charge is 0.493 e. The van der Waals surface area contributed by atoms with Gasteiger partial charge >= 0.3 is 0 Å². The van der Waals surface area contributed by atoms with Crippen molar-refractivity contribution in [3.63, 3.8) is 0 Å². The monoisotopic (exact) mass is 706 g/mol. The molecule has 9 nitrogen and oxygen atoms in total. The van der Waals surface area contributed by atoms with Gasteiger partial charge in [0.15, 0.2) is 11.5 Å². The zero-order chi connectivity index (χ0) is 36.0. The van der Waals surface area contributed by atoms with E-state index in [0.717, 1.165) is 22.3 Å². The molecule has 0 bridgehead atoms. The molecule has 0 radical (unpaired) electrons. The van der Waals surface area contributed by atoms with E-state index in [9.17, 15) is 0 Å². The van der Waals surface area contributed by atoms with Crippen molar-refractivity contribution in [2.24, 2.45) is 0 Å². The van der Waals surface area contributed by atoms with Crippen LogP contribution in [-0.4, -0.2) is 58.6 Å². The van der Waals surface area contributed by atoms with E-state index in [1.807, 2.05) is 121 Å². The molecule has 0 N–H and O–H groups in total. The summed E-state index contributed by atoms with van der Waals surface area (Å²) in [5, 5.41) is 0. The summed E-state index contributed by atoms with van der Waals surface area (Å²) in [5.74, 6) is 1.77. The highest BCUT2D eigenvalue weighted by Crippen LogP contribution is 2.42. The molecule has 1 aliphatic rings. The summed E-state index contributed by atoms with van der Waals surface area (Å²) in [6.45, 7) is 1.54. The van der Waals surface area contributed by atoms with E-state index < -0.39 is 30.7 Å². The molecular formula is C43H46O9. The topological polar surface area (TPSA) is 83.1 Å². The third kappa shape index (κ3) is 9.91. The van der Waals surface area contributed by atoms with Crippen LogP contribution >= 0.6 is 0 Å². The van der Waals surface area contributed by atoms with Crippen molar-refractivity contribution in [1.82, 2.24) is 0 Å². The van der Waals surface area contributed by atoms with Crippen molar-refractivity contribution in [2.45, 2.75) is 57.1 Å². The molecule has 5 aromatic rings. The first kappa shape index (κ1) is 36.9. The van der Waals surface area contributed by atoms with Gasteiger partial charge in [-0.2, -0.15) is 0 Å². The molecule has 6 rings (SSSR count). The van der Waals surface area contributed by atoms with Crippen LogP contribution < -0.4 is 18.9 Å². The Morgan fingerprint density at radius 2 is 0.904 bits per heavy atom. The molecule has 272 valence electrons. The Balaban J connectivity index is 1.36. The minimum atomic E-state index is -0.950. The van der Waals surface area contributed by atoms with Crippen LogP contribution in [0.15, 0.2) is 133 Å². The van der Waals surface area contributed by atoms with Gasteiger partial charge < -0.3 is 42.6 Å². The van der Waals surface area contributed by atoms with Gasteiger partial charge in [0.05, 0.1) is 54.4 Å². The third-order valence-electron chi connectivity index (χ3n) is 8.73. The molecule has 1 fully saturated rings. The first-order chi connectivity index (χ1) is 25.6. The standard InChI is InChI=1S/C43H46O9/c1-44-36-24-35(25-37(45-2)39(36)46-3)51-43-42(50-29-34-22-14-7-15-23-34)41(49-28-33-20-12-6-13-21-33)40(48-27-32-18-10-5-11-19-32)38(52-43)30-47-26-31-16-8-4-9-17-31/h4-25,38,40-43H,26-30H2,1-3H3/t38-,40-,41+,42-,43+/m1/s1. The number of hydrogen-bond donors (Lipinski definition) is 0. The van der Waals surface area contributed by atoms with Crippen LogP contribution in [0.4, 0.5) is 0 Å². The zero-order valence-electron chi connectivity index (χ0n) is 29.8. The maximum absolute atomic E-state index is 6.83. The predicted octanol–water partition coefficient (Wildman–Crippen LogP) is 7.79. The Bertz CT molecular complexity index is 1730. The maximum atomic E-state index is 6.83. The van der Waals surface area contributed by atoms with Crippen molar-refractivity contribution in [3.05, 3.63) is 156 Å². The predicted molar refractivity (Wildman–Crippen MR) is 197 cm³/mol. The average molecular weight is 707 g/mol. The first-order valence-electron chi connectivity index (χ1n) is 17.4. The van der Waals surface area contributed by atoms with Crippen molar-refractivity contribution < 1.29 is 42.6 Å². The summed E-state index contributed by atoms with van der Waals surface area (Å²) < 4.78 is 56.9. The van der Waals surface area contributed by atoms with Gasteiger partial charge in [-0.05, 0) is 22.3 Å². The summed E-state index contributed by atoms with van der Waals surface area (Å²) in [6.07, 6.45) is -3.53. The zero-order valence-corrected chi connectivity index (χ0v) is 29.8. The Hall–Kier alpha value is -4.90. The first-order valence-corrected chi connectivity index (χ1v) is 17.4. The second kappa shape index (κ2) is 19.1. The van der Waals surface area contributed by atoms with Gasteiger partial charge in [0, 0.05) is 12.1 Å². The summed E-state index contributed by atoms with van der Waals surface area (Å²) >= 11 is 0. The van der Waals surface area contributed by atoms with Gasteiger partial charge in [0.2, 0.25) is 12.0 Å². The molecule has 0 saturated carbocycles. The van der Waals surface area contributed by atoms with Crippen LogP contribution in [0, 0.1) is 0 Å². The fourth-order valence-electron chi connectivity index (χ4n) is 6.10. The van der Waals surface area contributed by atoms with E-state index in [1.54, 1.807) is 33.5 Å². The molecule has 1 heterocycles. The lowest BCUT2D eigenvalue weighted by Crippen LogP contribution is -2.62. The lowest BCUT2D eigenvalue weighted by atomic mass is 9.97. The highest BCUT2D eigenvalue weighted by atomic mass is 16.7. The average Bonchev–Trinajstić information content (AvgIpc) is 3.20. The molecule has 0 unspecified atom stereocenters. The van der Waals surface area contributed by atoms with E-state index in [-0.39, 0.29) is 13.2 Å². The van der Waals surface area contributed by atoms with Crippen molar-refractivity contribution >= 4 is 0 Å². The summed E-state index contributed by atoms with van der Waals surface area (Å²) in [5.41, 5.74) is 4.07. The summed E-state index contributed by atoms with van der Waals surface area (Å²) in [6, 6.07) is 43.5. The van der Waals surface area contributed by atoms with Crippen LogP contribution in [0.5, 0.6) is 23.0 Å². The molecule has 5 aromatic carbocycles. The van der Waals surface area contributed by atoms with E-state index in [2.05, 4.69) is 0 Å². The minimum Gasteiger partial charge on any atom is -0.493 e. The summed E-state index contributed by atoms with van der Waals surface area (Å²) in [7, 11) is 4.68. The second-order valence-corrected chi connectivity index (χ2v) is 12.3. The van der Waals surface area contributed by atoms with Gasteiger partial charge in [0.25, 0.3) is 0 Å². The number of methoxy groups -OCH3 is 3. The number of rotatable bonds is 18. The van der Waals surface area contributed by atoms with E-state index >= 15 is 0 Å². The molecule has 0 amide bonds. The van der Waals surface area contributed by atoms with Gasteiger partial charge in [-0.25, -0.2) is 0 Å². The van der Waals surface area contributed by atoms with Crippen molar-refractivity contribution in [1.29, 1.82) is 0 Å². The van der Waals surface area contributed by atoms with Crippen LogP contribution in [0.25, 0.3) is 0 Å². The number of hydrogen-bond acceptors (Lipinski definition) is 9. The van der Waals surface area contributed by atoms with E-state index in [0.29, 0.717) is 42.8 Å². The normalized spacial score (nSPS) is 19.9. The lowest BCUT2D eigenvalue weighted by Gasteiger charge is -2.45. The van der Waals surface area contributed by atoms with Crippen LogP contribution in [-0.2, 0) is 50.1 Å². The molecule has 52 heavy (non-hydrogen) atoms. The van der Waals surface area contributed by atoms with Gasteiger partial charge in [0.1, 0.15) is 30.2 Å². The Morgan fingerprint density at radius 3 is 1.35 bits per heavy atom. The Morgan fingerprint density at radius 1 is 0.481 bits per heavy atom. The van der Waals surface area contributed by atoms with Gasteiger partial charge in [-0.1, -0.05) is 121 Å². The van der Waals surface area contributed by atoms with E-state index in [1.165, 1.54) is 0 Å². The molecule has 1 aliphatic heterocycles. The highest BCUT2D eigenvalue weighted by Gasteiger charge is 2.50. The third-order valence-corrected chi connectivity index (χ3v) is 8.73. The van der Waals surface area contributed by atoms with Crippen molar-refractivity contribution in [3.8, 4) is 23.0 Å². The Kier molecular flexibility index (Phi) is 13.5. The Labute approximate surface area is 305 Å². The van der Waals surface area contributed by atoms with Crippen LogP contribution in [0.2, 0.25) is 0 Å². The summed E-state index contributed by atoms with van der Waals surface area (Å²) in [4.78, 5) is 0. The molecule has 9 heteroatoms. The molecule has 0 aliphatic carbocycles. The van der Waals surface area contributed by atoms with E-state index in [4.69, 9.17) is 42.6 Å².